The zero-order chi connectivity index (χ0) is 33.1. The predicted octanol–water partition coefficient (Wildman–Crippen LogP) is 7.46. The number of hydrogen-bond donors (Lipinski definition) is 0. The van der Waals surface area contributed by atoms with Crippen molar-refractivity contribution >= 4 is 62.2 Å². The van der Waals surface area contributed by atoms with Crippen LogP contribution >= 0.6 is 31.9 Å². The van der Waals surface area contributed by atoms with Gasteiger partial charge in [0.15, 0.2) is 0 Å². The van der Waals surface area contributed by atoms with Gasteiger partial charge in [0.1, 0.15) is 16.8 Å². The third kappa shape index (κ3) is 16.3. The highest BCUT2D eigenvalue weighted by Gasteiger charge is 2.24. The summed E-state index contributed by atoms with van der Waals surface area (Å²) in [5, 5.41) is 0. The minimum Gasteiger partial charge on any atom is -0.465 e. The number of carbonyl (C=O) groups is 5. The maximum Gasteiger partial charge on any atom is 0.519 e. The molecule has 14 heteroatoms. The molecule has 1 aromatic rings. The first-order valence-electron chi connectivity index (χ1n) is 12.5. The Morgan fingerprint density at radius 3 is 1.50 bits per heavy atom. The Morgan fingerprint density at radius 1 is 0.690 bits per heavy atom. The predicted molar refractivity (Wildman–Crippen MR) is 160 cm³/mol. The number of allylic oxidation sites excluding steroid dienone is 2. The lowest BCUT2D eigenvalue weighted by molar-refractivity contribution is -0.135. The van der Waals surface area contributed by atoms with Crippen molar-refractivity contribution in [2.24, 2.45) is 0 Å². The van der Waals surface area contributed by atoms with E-state index in [9.17, 15) is 24.0 Å². The molecule has 0 amide bonds. The number of rotatable bonds is 2. The van der Waals surface area contributed by atoms with Crippen LogP contribution in [0, 0.1) is 0 Å². The van der Waals surface area contributed by atoms with Gasteiger partial charge in [0.25, 0.3) is 0 Å². The van der Waals surface area contributed by atoms with Crippen LogP contribution in [0.3, 0.4) is 0 Å². The minimum atomic E-state index is -1.06. The van der Waals surface area contributed by atoms with E-state index in [4.69, 9.17) is 14.2 Å². The molecule has 0 radical (unpaired) electrons. The Kier molecular flexibility index (Phi) is 15.3. The molecule has 2 rings (SSSR count). The van der Waals surface area contributed by atoms with Crippen LogP contribution in [0.2, 0.25) is 0 Å². The number of halogens is 2. The van der Waals surface area contributed by atoms with E-state index in [0.717, 1.165) is 10.9 Å². The van der Waals surface area contributed by atoms with Crippen LogP contribution < -0.4 is 0 Å². The van der Waals surface area contributed by atoms with Crippen molar-refractivity contribution in [1.29, 1.82) is 0 Å². The van der Waals surface area contributed by atoms with Crippen molar-refractivity contribution in [3.8, 4) is 0 Å². The number of carbonyl (C=O) groups excluding carboxylic acids is 5. The summed E-state index contributed by atoms with van der Waals surface area (Å²) in [4.78, 5) is 55.9. The SMILES string of the molecule is CC(C)(C)OC(=O)OC(=O)OC(C)(C)C.COC(=O)C1=CCC=C1Br.COC(=O)c1cn(C(=O)OC(C)(C)C)cc1Br. The molecule has 1 aliphatic carbocycles. The molecule has 0 aromatic carbocycles. The molecular weight excluding hydrogens is 686 g/mol. The molecule has 12 nitrogen and oxygen atoms in total. The standard InChI is InChI=1S/C11H14BrNO4.C10H18O5.C7H7BrO2/c1-11(2,3)17-10(15)13-5-7(8(12)6-13)9(14)16-4;1-9(2,3)14-7(11)13-8(12)15-10(4,5)6;1-10-7(9)5-3-2-4-6(5)8/h5-6H,1-4H3;1-6H3;3-4H,2H2,1H3. The van der Waals surface area contributed by atoms with Gasteiger partial charge >= 0.3 is 30.3 Å². The van der Waals surface area contributed by atoms with E-state index in [1.54, 1.807) is 62.3 Å². The van der Waals surface area contributed by atoms with Crippen molar-refractivity contribution in [1.82, 2.24) is 4.57 Å². The summed E-state index contributed by atoms with van der Waals surface area (Å²) < 4.78 is 30.6. The second-order valence-corrected chi connectivity index (χ2v) is 13.0. The third-order valence-corrected chi connectivity index (χ3v) is 5.40. The van der Waals surface area contributed by atoms with Crippen molar-refractivity contribution in [3.05, 3.63) is 44.6 Å². The lowest BCUT2D eigenvalue weighted by Crippen LogP contribution is -2.29. The number of esters is 2. The fourth-order valence-electron chi connectivity index (χ4n) is 2.50. The summed E-state index contributed by atoms with van der Waals surface area (Å²) in [6.07, 6.45) is 4.72. The molecule has 236 valence electrons. The van der Waals surface area contributed by atoms with E-state index in [0.29, 0.717) is 10.0 Å². The van der Waals surface area contributed by atoms with E-state index in [2.05, 4.69) is 46.1 Å². The second-order valence-electron chi connectivity index (χ2n) is 11.3. The van der Waals surface area contributed by atoms with Gasteiger partial charge in [-0.05, 0) is 84.7 Å². The molecule has 0 atom stereocenters. The Balaban J connectivity index is 0.000000620. The van der Waals surface area contributed by atoms with E-state index in [1.165, 1.54) is 31.2 Å². The first-order chi connectivity index (χ1) is 19.0. The van der Waals surface area contributed by atoms with Crippen molar-refractivity contribution in [2.75, 3.05) is 14.2 Å². The summed E-state index contributed by atoms with van der Waals surface area (Å²) in [5.41, 5.74) is -1.07. The highest BCUT2D eigenvalue weighted by Crippen LogP contribution is 2.25. The number of aromatic nitrogens is 1. The minimum absolute atomic E-state index is 0.276. The first kappa shape index (κ1) is 38.9. The zero-order valence-corrected chi connectivity index (χ0v) is 28.9. The summed E-state index contributed by atoms with van der Waals surface area (Å²) in [6, 6.07) is 0. The van der Waals surface area contributed by atoms with E-state index in [1.807, 2.05) is 12.2 Å². The Bertz CT molecular complexity index is 1170. The monoisotopic (exact) mass is 723 g/mol. The average Bonchev–Trinajstić information content (AvgIpc) is 3.40. The van der Waals surface area contributed by atoms with Crippen molar-refractivity contribution in [2.45, 2.75) is 85.5 Å². The molecule has 0 N–H and O–H groups in total. The molecule has 0 spiro atoms. The van der Waals surface area contributed by atoms with Gasteiger partial charge in [-0.15, -0.1) is 0 Å². The largest absolute Gasteiger partial charge is 0.519 e. The second kappa shape index (κ2) is 16.5. The highest BCUT2D eigenvalue weighted by molar-refractivity contribution is 9.12. The maximum absolute atomic E-state index is 11.7. The fraction of sp³-hybridized carbons (Fsp3) is 0.536. The lowest BCUT2D eigenvalue weighted by Gasteiger charge is -2.20. The van der Waals surface area contributed by atoms with Gasteiger partial charge in [-0.2, -0.15) is 0 Å². The van der Waals surface area contributed by atoms with Crippen LogP contribution in [0.5, 0.6) is 0 Å². The molecule has 0 saturated heterocycles. The van der Waals surface area contributed by atoms with Gasteiger partial charge in [0.05, 0.1) is 29.8 Å². The van der Waals surface area contributed by atoms with Crippen LogP contribution in [-0.4, -0.2) is 65.9 Å². The molecule has 0 unspecified atom stereocenters. The number of ether oxygens (including phenoxy) is 6. The highest BCUT2D eigenvalue weighted by atomic mass is 79.9. The van der Waals surface area contributed by atoms with E-state index < -0.39 is 41.2 Å². The Hall–Kier alpha value is -3.13. The summed E-state index contributed by atoms with van der Waals surface area (Å²) >= 11 is 6.42. The van der Waals surface area contributed by atoms with Crippen LogP contribution in [0.4, 0.5) is 14.4 Å². The van der Waals surface area contributed by atoms with Crippen LogP contribution in [0.25, 0.3) is 0 Å². The first-order valence-corrected chi connectivity index (χ1v) is 14.1. The topological polar surface area (TPSA) is 146 Å². The lowest BCUT2D eigenvalue weighted by atomic mass is 10.2. The molecular formula is C28H39Br2NO11. The van der Waals surface area contributed by atoms with Crippen LogP contribution in [0.1, 0.15) is 79.1 Å². The molecule has 1 aliphatic rings. The van der Waals surface area contributed by atoms with Gasteiger partial charge in [0.2, 0.25) is 0 Å². The van der Waals surface area contributed by atoms with Crippen molar-refractivity contribution in [3.63, 3.8) is 0 Å². The molecule has 0 bridgehead atoms. The number of hydrogen-bond acceptors (Lipinski definition) is 11. The van der Waals surface area contributed by atoms with E-state index in [-0.39, 0.29) is 11.5 Å². The molecule has 0 saturated carbocycles. The Morgan fingerprint density at radius 2 is 1.14 bits per heavy atom. The fourth-order valence-corrected chi connectivity index (χ4v) is 3.49. The van der Waals surface area contributed by atoms with E-state index >= 15 is 0 Å². The average molecular weight is 725 g/mol. The molecule has 0 aliphatic heterocycles. The van der Waals surface area contributed by atoms with Gasteiger partial charge < -0.3 is 28.4 Å². The van der Waals surface area contributed by atoms with Gasteiger partial charge in [-0.1, -0.05) is 28.1 Å². The maximum atomic E-state index is 11.7. The summed E-state index contributed by atoms with van der Waals surface area (Å²) in [6.45, 7) is 15.3. The summed E-state index contributed by atoms with van der Waals surface area (Å²) in [7, 11) is 2.65. The number of nitrogens with zero attached hydrogens (tertiary/aromatic N) is 1. The van der Waals surface area contributed by atoms with Crippen LogP contribution in [0.15, 0.2) is 39.1 Å². The van der Waals surface area contributed by atoms with Gasteiger partial charge in [-0.25, -0.2) is 24.0 Å². The third-order valence-electron chi connectivity index (χ3n) is 4.01. The van der Waals surface area contributed by atoms with Crippen molar-refractivity contribution < 1.29 is 52.4 Å². The Labute approximate surface area is 262 Å². The van der Waals surface area contributed by atoms with Crippen LogP contribution in [-0.2, 0) is 33.2 Å². The normalized spacial score (nSPS) is 12.6. The molecule has 1 aromatic heterocycles. The van der Waals surface area contributed by atoms with Gasteiger partial charge in [-0.3, -0.25) is 4.57 Å². The molecule has 42 heavy (non-hydrogen) atoms. The zero-order valence-electron chi connectivity index (χ0n) is 25.7. The summed E-state index contributed by atoms with van der Waals surface area (Å²) in [5.74, 6) is -0.792. The van der Waals surface area contributed by atoms with Gasteiger partial charge in [0, 0.05) is 16.9 Å². The quantitative estimate of drug-likeness (QED) is 0.170. The number of methoxy groups -OCH3 is 2. The molecule has 0 fully saturated rings. The molecule has 1 heterocycles. The smallest absolute Gasteiger partial charge is 0.465 e.